The van der Waals surface area contributed by atoms with Gasteiger partial charge in [-0.25, -0.2) is 0 Å². The Morgan fingerprint density at radius 1 is 0.353 bits per heavy atom. The summed E-state index contributed by atoms with van der Waals surface area (Å²) in [5.41, 5.74) is 3.25. The molecule has 0 saturated carbocycles. The van der Waals surface area contributed by atoms with Gasteiger partial charge in [-0.3, -0.25) is 0 Å². The average molecular weight is 617 g/mol. The van der Waals surface area contributed by atoms with Gasteiger partial charge in [-0.1, -0.05) is 142 Å². The van der Waals surface area contributed by atoms with E-state index in [1.807, 2.05) is 0 Å². The van der Waals surface area contributed by atoms with Gasteiger partial charge in [0.05, 0.1) is 27.2 Å². The summed E-state index contributed by atoms with van der Waals surface area (Å²) in [6, 6.07) is 0. The molecule has 2 nitrogen and oxygen atoms in total. The summed E-state index contributed by atoms with van der Waals surface area (Å²) < 4.78 is 0. The minimum atomic E-state index is 0. The summed E-state index contributed by atoms with van der Waals surface area (Å²) in [4.78, 5) is 1.77. The number of rotatable bonds is 26. The predicted molar refractivity (Wildman–Crippen MR) is 148 cm³/mol. The average Bonchev–Trinajstić information content (AvgIpc) is 2.81. The normalized spacial score (nSPS) is 10.4. The first-order chi connectivity index (χ1) is 15.8. The predicted octanol–water partition coefficient (Wildman–Crippen LogP) is 1.77. The van der Waals surface area contributed by atoms with Crippen LogP contribution < -0.4 is 44.6 Å². The number of quaternary nitrogens is 2. The van der Waals surface area contributed by atoms with E-state index in [0.717, 1.165) is 0 Å². The molecule has 4 N–H and O–H groups in total. The van der Waals surface area contributed by atoms with Crippen LogP contribution in [0.15, 0.2) is 0 Å². The second kappa shape index (κ2) is 41.0. The topological polar surface area (TPSA) is 32.1 Å². The molecule has 0 saturated heterocycles. The Morgan fingerprint density at radius 3 is 0.735 bits per heavy atom. The molecular formula is C30H68Br2N2. The molecule has 0 amide bonds. The van der Waals surface area contributed by atoms with Crippen LogP contribution in [0, 0.1) is 0 Å². The molecular weight excluding hydrogens is 548 g/mol. The molecule has 0 atom stereocenters. The lowest BCUT2D eigenvalue weighted by molar-refractivity contribution is -0.880. The fourth-order valence-corrected chi connectivity index (χ4v) is 4.66. The third kappa shape index (κ3) is 40.1. The summed E-state index contributed by atoms with van der Waals surface area (Å²) in [6.07, 6.45) is 35.1. The standard InChI is InChI=1S/C29H61N.CH5N.2BrH/c1-4-6-8-10-12-14-16-18-20-22-24-26-28-30(3)29-27-25-23-21-19-17-15-13-11-9-7-5-2;1-2;;/h4-29H2,1-3H3;2H2,1H3;2*1H. The lowest BCUT2D eigenvalue weighted by Gasteiger charge is -2.13. The van der Waals surface area contributed by atoms with E-state index in [1.54, 1.807) is 11.9 Å². The van der Waals surface area contributed by atoms with Crippen LogP contribution in [0.1, 0.15) is 168 Å². The van der Waals surface area contributed by atoms with Gasteiger partial charge >= 0.3 is 0 Å². The van der Waals surface area contributed by atoms with Crippen molar-refractivity contribution in [2.24, 2.45) is 0 Å². The molecule has 0 radical (unpaired) electrons. The zero-order valence-corrected chi connectivity index (χ0v) is 27.5. The van der Waals surface area contributed by atoms with Crippen molar-refractivity contribution < 1.29 is 44.6 Å². The van der Waals surface area contributed by atoms with Crippen LogP contribution in [0.5, 0.6) is 0 Å². The summed E-state index contributed by atoms with van der Waals surface area (Å²) in [5.74, 6) is 0. The Labute approximate surface area is 238 Å². The summed E-state index contributed by atoms with van der Waals surface area (Å²) >= 11 is 0. The number of nitrogens with one attached hydrogen (secondary N) is 1. The van der Waals surface area contributed by atoms with E-state index in [9.17, 15) is 0 Å². The van der Waals surface area contributed by atoms with Gasteiger partial charge in [0.2, 0.25) is 0 Å². The van der Waals surface area contributed by atoms with Gasteiger partial charge in [-0.15, -0.1) is 0 Å². The van der Waals surface area contributed by atoms with Crippen LogP contribution in [0.25, 0.3) is 0 Å². The van der Waals surface area contributed by atoms with E-state index in [0.29, 0.717) is 0 Å². The van der Waals surface area contributed by atoms with E-state index < -0.39 is 0 Å². The van der Waals surface area contributed by atoms with Gasteiger partial charge in [0.25, 0.3) is 0 Å². The van der Waals surface area contributed by atoms with Crippen molar-refractivity contribution in [3.05, 3.63) is 0 Å². The highest BCUT2D eigenvalue weighted by Gasteiger charge is 2.02. The highest BCUT2D eigenvalue weighted by atomic mass is 79.9. The zero-order chi connectivity index (χ0) is 24.0. The Kier molecular flexibility index (Phi) is 50.7. The van der Waals surface area contributed by atoms with E-state index in [4.69, 9.17) is 0 Å². The second-order valence-electron chi connectivity index (χ2n) is 10.2. The van der Waals surface area contributed by atoms with Crippen molar-refractivity contribution in [3.63, 3.8) is 0 Å². The SMILES string of the molecule is CCCCCCCCCCCCCC[NH+](C)CCCCCCCCCCCCCC.C[NH3+].[Br-].[Br-]. The number of hydrogen-bond donors (Lipinski definition) is 2. The van der Waals surface area contributed by atoms with E-state index in [2.05, 4.69) is 26.6 Å². The summed E-state index contributed by atoms with van der Waals surface area (Å²) in [7, 11) is 4.16. The minimum Gasteiger partial charge on any atom is -1.00 e. The van der Waals surface area contributed by atoms with Gasteiger partial charge < -0.3 is 44.6 Å². The van der Waals surface area contributed by atoms with Crippen molar-refractivity contribution in [1.82, 2.24) is 0 Å². The van der Waals surface area contributed by atoms with Crippen LogP contribution in [-0.2, 0) is 0 Å². The van der Waals surface area contributed by atoms with Crippen LogP contribution in [-0.4, -0.2) is 27.2 Å². The van der Waals surface area contributed by atoms with Crippen LogP contribution in [0.3, 0.4) is 0 Å². The monoisotopic (exact) mass is 614 g/mol. The molecule has 4 heteroatoms. The van der Waals surface area contributed by atoms with E-state index in [-0.39, 0.29) is 34.0 Å². The van der Waals surface area contributed by atoms with Crippen molar-refractivity contribution in [3.8, 4) is 0 Å². The molecule has 0 rings (SSSR count). The summed E-state index contributed by atoms with van der Waals surface area (Å²) in [5, 5.41) is 0. The molecule has 0 aliphatic carbocycles. The maximum atomic E-state index is 3.25. The molecule has 0 spiro atoms. The molecule has 34 heavy (non-hydrogen) atoms. The zero-order valence-electron chi connectivity index (χ0n) is 24.3. The van der Waals surface area contributed by atoms with Gasteiger partial charge in [-0.05, 0) is 25.7 Å². The van der Waals surface area contributed by atoms with Crippen molar-refractivity contribution in [2.45, 2.75) is 168 Å². The quantitative estimate of drug-likeness (QED) is 0.139. The fourth-order valence-electron chi connectivity index (χ4n) is 4.66. The fraction of sp³-hybridized carbons (Fsp3) is 1.00. The van der Waals surface area contributed by atoms with Gasteiger partial charge in [-0.2, -0.15) is 0 Å². The number of halogens is 2. The van der Waals surface area contributed by atoms with Crippen molar-refractivity contribution in [2.75, 3.05) is 27.2 Å². The molecule has 0 fully saturated rings. The third-order valence-electron chi connectivity index (χ3n) is 6.91. The van der Waals surface area contributed by atoms with Crippen LogP contribution >= 0.6 is 0 Å². The molecule has 212 valence electrons. The highest BCUT2D eigenvalue weighted by Crippen LogP contribution is 2.12. The molecule has 0 aromatic carbocycles. The summed E-state index contributed by atoms with van der Waals surface area (Å²) in [6.45, 7) is 7.40. The Morgan fingerprint density at radius 2 is 0.529 bits per heavy atom. The molecule has 0 bridgehead atoms. The Bertz CT molecular complexity index is 276. The first-order valence-electron chi connectivity index (χ1n) is 15.3. The minimum absolute atomic E-state index is 0. The maximum Gasteiger partial charge on any atom is 0.0768 e. The molecule has 0 unspecified atom stereocenters. The molecule has 0 aromatic heterocycles. The van der Waals surface area contributed by atoms with Crippen molar-refractivity contribution in [1.29, 1.82) is 0 Å². The van der Waals surface area contributed by atoms with Crippen molar-refractivity contribution >= 4 is 0 Å². The van der Waals surface area contributed by atoms with E-state index in [1.165, 1.54) is 167 Å². The lowest BCUT2D eigenvalue weighted by Crippen LogP contribution is -3.09. The third-order valence-corrected chi connectivity index (χ3v) is 6.91. The van der Waals surface area contributed by atoms with Gasteiger partial charge in [0.15, 0.2) is 0 Å². The maximum absolute atomic E-state index is 3.25. The lowest BCUT2D eigenvalue weighted by atomic mass is 10.0. The number of unbranched alkanes of at least 4 members (excludes halogenated alkanes) is 22. The Balaban J connectivity index is -0.00000109. The molecule has 0 aliphatic heterocycles. The first-order valence-corrected chi connectivity index (χ1v) is 15.3. The Hall–Kier alpha value is 0.880. The van der Waals surface area contributed by atoms with Crippen LogP contribution in [0.4, 0.5) is 0 Å². The largest absolute Gasteiger partial charge is 1.00 e. The molecule has 0 aromatic rings. The second-order valence-corrected chi connectivity index (χ2v) is 10.2. The highest BCUT2D eigenvalue weighted by molar-refractivity contribution is 4.50. The number of hydrogen-bond acceptors (Lipinski definition) is 0. The molecule has 0 aliphatic rings. The molecule has 0 heterocycles. The van der Waals surface area contributed by atoms with Crippen LogP contribution in [0.2, 0.25) is 0 Å². The first kappa shape index (κ1) is 42.0. The van der Waals surface area contributed by atoms with Gasteiger partial charge in [0, 0.05) is 0 Å². The van der Waals surface area contributed by atoms with Gasteiger partial charge in [0.1, 0.15) is 0 Å². The van der Waals surface area contributed by atoms with E-state index >= 15 is 0 Å². The smallest absolute Gasteiger partial charge is 0.0768 e.